The summed E-state index contributed by atoms with van der Waals surface area (Å²) < 4.78 is 33.0. The van der Waals surface area contributed by atoms with Crippen molar-refractivity contribution in [2.45, 2.75) is 32.7 Å². The fraction of sp³-hybridized carbons (Fsp3) is 0.368. The molecule has 0 aliphatic heterocycles. The Bertz CT molecular complexity index is 1120. The lowest BCUT2D eigenvalue weighted by Gasteiger charge is -2.13. The highest BCUT2D eigenvalue weighted by Gasteiger charge is 2.22. The third-order valence-electron chi connectivity index (χ3n) is 5.03. The topological polar surface area (TPSA) is 115 Å². The van der Waals surface area contributed by atoms with Crippen LogP contribution in [0.4, 0.5) is 21.7 Å². The molecule has 0 bridgehead atoms. The second-order valence-electron chi connectivity index (χ2n) is 7.00. The molecule has 0 radical (unpaired) electrons. The Kier molecular flexibility index (Phi) is 5.29. The lowest BCUT2D eigenvalue weighted by Crippen LogP contribution is -2.08. The highest BCUT2D eigenvalue weighted by molar-refractivity contribution is 7.52. The van der Waals surface area contributed by atoms with E-state index in [1.807, 2.05) is 12.1 Å². The van der Waals surface area contributed by atoms with Gasteiger partial charge in [-0.2, -0.15) is 5.10 Å². The van der Waals surface area contributed by atoms with Crippen LogP contribution in [0.15, 0.2) is 24.3 Å². The largest absolute Gasteiger partial charge is 0.382 e. The quantitative estimate of drug-likeness (QED) is 0.501. The van der Waals surface area contributed by atoms with Crippen LogP contribution in [0.2, 0.25) is 0 Å². The second kappa shape index (κ2) is 7.74. The minimum absolute atomic E-state index is 0.0657. The SMILES string of the molecule is CCOP(=O)(O)CCn1nc(N)c2cc(F)c(Nc3cccc4c3CCC4)nc21. The number of hydrogen-bond donors (Lipinski definition) is 3. The predicted molar refractivity (Wildman–Crippen MR) is 110 cm³/mol. The summed E-state index contributed by atoms with van der Waals surface area (Å²) in [6, 6.07) is 7.22. The number of aromatic nitrogens is 3. The summed E-state index contributed by atoms with van der Waals surface area (Å²) in [5.74, 6) is -0.361. The predicted octanol–water partition coefficient (Wildman–Crippen LogP) is 3.61. The summed E-state index contributed by atoms with van der Waals surface area (Å²) in [4.78, 5) is 14.2. The summed E-state index contributed by atoms with van der Waals surface area (Å²) >= 11 is 0. The Morgan fingerprint density at radius 3 is 3.03 bits per heavy atom. The molecule has 10 heteroatoms. The number of nitrogen functional groups attached to an aromatic ring is 1. The Balaban J connectivity index is 1.67. The molecule has 2 heterocycles. The summed E-state index contributed by atoms with van der Waals surface area (Å²) in [5.41, 5.74) is 9.52. The van der Waals surface area contributed by atoms with E-state index in [-0.39, 0.29) is 30.9 Å². The zero-order valence-electron chi connectivity index (χ0n) is 16.1. The van der Waals surface area contributed by atoms with Crippen LogP contribution < -0.4 is 11.1 Å². The molecule has 1 atom stereocenters. The highest BCUT2D eigenvalue weighted by atomic mass is 31.2. The summed E-state index contributed by atoms with van der Waals surface area (Å²) in [6.07, 6.45) is 2.89. The molecule has 0 amide bonds. The Hall–Kier alpha value is -2.48. The van der Waals surface area contributed by atoms with E-state index in [4.69, 9.17) is 10.3 Å². The van der Waals surface area contributed by atoms with Gasteiger partial charge in [-0.3, -0.25) is 4.57 Å². The van der Waals surface area contributed by atoms with E-state index >= 15 is 0 Å². The summed E-state index contributed by atoms with van der Waals surface area (Å²) in [5, 5.41) is 7.60. The van der Waals surface area contributed by atoms with Crippen LogP contribution in [0.5, 0.6) is 0 Å². The molecule has 29 heavy (non-hydrogen) atoms. The molecule has 8 nitrogen and oxygen atoms in total. The Morgan fingerprint density at radius 2 is 2.24 bits per heavy atom. The molecular weight excluding hydrogens is 396 g/mol. The van der Waals surface area contributed by atoms with Crippen LogP contribution in [-0.2, 0) is 28.5 Å². The van der Waals surface area contributed by atoms with Gasteiger partial charge < -0.3 is 20.5 Å². The van der Waals surface area contributed by atoms with Gasteiger partial charge in [-0.15, -0.1) is 0 Å². The first-order valence-electron chi connectivity index (χ1n) is 9.54. The van der Waals surface area contributed by atoms with Gasteiger partial charge in [-0.05, 0) is 49.4 Å². The normalized spacial score (nSPS) is 15.4. The molecule has 3 aromatic rings. The highest BCUT2D eigenvalue weighted by Crippen LogP contribution is 2.41. The summed E-state index contributed by atoms with van der Waals surface area (Å²) in [6.45, 7) is 1.85. The summed E-state index contributed by atoms with van der Waals surface area (Å²) in [7, 11) is -3.73. The van der Waals surface area contributed by atoms with Crippen molar-refractivity contribution in [1.82, 2.24) is 14.8 Å². The van der Waals surface area contributed by atoms with E-state index in [1.165, 1.54) is 21.9 Å². The molecule has 4 N–H and O–H groups in total. The second-order valence-corrected chi connectivity index (χ2v) is 8.98. The van der Waals surface area contributed by atoms with Crippen molar-refractivity contribution < 1.29 is 18.4 Å². The fourth-order valence-corrected chi connectivity index (χ4v) is 4.67. The average molecular weight is 419 g/mol. The van der Waals surface area contributed by atoms with Crippen molar-refractivity contribution in [3.8, 4) is 0 Å². The van der Waals surface area contributed by atoms with Crippen LogP contribution >= 0.6 is 7.60 Å². The molecule has 0 saturated heterocycles. The molecule has 4 rings (SSSR count). The maximum absolute atomic E-state index is 14.7. The number of rotatable bonds is 7. The molecule has 1 aliphatic carbocycles. The van der Waals surface area contributed by atoms with Crippen molar-refractivity contribution >= 4 is 36.0 Å². The third kappa shape index (κ3) is 3.99. The van der Waals surface area contributed by atoms with Gasteiger partial charge in [-0.1, -0.05) is 12.1 Å². The van der Waals surface area contributed by atoms with Gasteiger partial charge in [0.1, 0.15) is 0 Å². The van der Waals surface area contributed by atoms with E-state index < -0.39 is 13.4 Å². The average Bonchev–Trinajstić information content (AvgIpc) is 3.26. The van der Waals surface area contributed by atoms with Gasteiger partial charge in [0.2, 0.25) is 0 Å². The van der Waals surface area contributed by atoms with Crippen molar-refractivity contribution in [3.05, 3.63) is 41.2 Å². The number of nitrogens with one attached hydrogen (secondary N) is 1. The van der Waals surface area contributed by atoms with Crippen molar-refractivity contribution in [1.29, 1.82) is 0 Å². The van der Waals surface area contributed by atoms with Crippen molar-refractivity contribution in [2.75, 3.05) is 23.8 Å². The van der Waals surface area contributed by atoms with E-state index in [1.54, 1.807) is 6.92 Å². The molecule has 2 aromatic heterocycles. The van der Waals surface area contributed by atoms with Crippen molar-refractivity contribution in [2.24, 2.45) is 0 Å². The van der Waals surface area contributed by atoms with Gasteiger partial charge in [0.15, 0.2) is 23.1 Å². The number of benzene rings is 1. The van der Waals surface area contributed by atoms with Crippen LogP contribution in [0.3, 0.4) is 0 Å². The first kappa shape index (κ1) is 19.8. The number of anilines is 3. The first-order chi connectivity index (χ1) is 13.9. The maximum atomic E-state index is 14.7. The Morgan fingerprint density at radius 1 is 1.41 bits per heavy atom. The number of pyridine rings is 1. The van der Waals surface area contributed by atoms with E-state index in [2.05, 4.69) is 21.5 Å². The maximum Gasteiger partial charge on any atom is 0.329 e. The minimum atomic E-state index is -3.73. The molecule has 0 spiro atoms. The monoisotopic (exact) mass is 419 g/mol. The number of nitrogens with two attached hydrogens (primary N) is 1. The van der Waals surface area contributed by atoms with E-state index in [0.717, 1.165) is 24.9 Å². The number of halogens is 1. The number of aryl methyl sites for hydroxylation is 2. The molecular formula is C19H23FN5O3P. The lowest BCUT2D eigenvalue weighted by atomic mass is 10.1. The minimum Gasteiger partial charge on any atom is -0.382 e. The van der Waals surface area contributed by atoms with Gasteiger partial charge in [0.05, 0.1) is 24.7 Å². The zero-order chi connectivity index (χ0) is 20.6. The van der Waals surface area contributed by atoms with Crippen LogP contribution in [0, 0.1) is 5.82 Å². The van der Waals surface area contributed by atoms with Crippen LogP contribution in [0.1, 0.15) is 24.5 Å². The number of hydrogen-bond acceptors (Lipinski definition) is 6. The molecule has 0 saturated carbocycles. The molecule has 1 aliphatic rings. The smallest absolute Gasteiger partial charge is 0.329 e. The number of fused-ring (bicyclic) bond motifs is 2. The van der Waals surface area contributed by atoms with E-state index in [0.29, 0.717) is 11.0 Å². The van der Waals surface area contributed by atoms with E-state index in [9.17, 15) is 13.8 Å². The zero-order valence-corrected chi connectivity index (χ0v) is 17.0. The van der Waals surface area contributed by atoms with Gasteiger partial charge in [0, 0.05) is 5.69 Å². The molecule has 0 fully saturated rings. The van der Waals surface area contributed by atoms with Crippen molar-refractivity contribution in [3.63, 3.8) is 0 Å². The molecule has 154 valence electrons. The van der Waals surface area contributed by atoms with Crippen LogP contribution in [-0.4, -0.2) is 32.4 Å². The van der Waals surface area contributed by atoms with Crippen LogP contribution in [0.25, 0.3) is 11.0 Å². The third-order valence-corrected chi connectivity index (χ3v) is 6.46. The van der Waals surface area contributed by atoms with Gasteiger partial charge in [-0.25, -0.2) is 14.1 Å². The Labute approximate surface area is 167 Å². The van der Waals surface area contributed by atoms with Gasteiger partial charge in [0.25, 0.3) is 0 Å². The van der Waals surface area contributed by atoms with Gasteiger partial charge >= 0.3 is 7.60 Å². The standard InChI is InChI=1S/C19H23FN5O3P/c1-2-28-29(26,27)10-9-25-19-14(17(21)24-25)11-15(20)18(23-19)22-16-8-4-6-12-5-3-7-13(12)16/h4,6,8,11H,2-3,5,7,9-10H2,1H3,(H2,21,24)(H,22,23)(H,26,27). The molecule has 1 aromatic carbocycles. The first-order valence-corrected chi connectivity index (χ1v) is 11.3. The molecule has 1 unspecified atom stereocenters. The lowest BCUT2D eigenvalue weighted by molar-refractivity contribution is 0.272. The number of nitrogens with zero attached hydrogens (tertiary/aromatic N) is 3. The fourth-order valence-electron chi connectivity index (χ4n) is 3.69.